The molecule has 1 aliphatic heterocycles. The van der Waals surface area contributed by atoms with E-state index in [4.69, 9.17) is 0 Å². The number of halogens is 4. The van der Waals surface area contributed by atoms with E-state index < -0.39 is 18.2 Å². The fourth-order valence-corrected chi connectivity index (χ4v) is 3.43. The summed E-state index contributed by atoms with van der Waals surface area (Å²) < 4.78 is 56.8. The predicted molar refractivity (Wildman–Crippen MR) is 104 cm³/mol. The maximum atomic E-state index is 14.0. The Balaban J connectivity index is 1.52. The van der Waals surface area contributed by atoms with Crippen LogP contribution in [0.1, 0.15) is 17.0 Å². The maximum Gasteiger partial charge on any atom is 0.387 e. The van der Waals surface area contributed by atoms with Crippen LogP contribution in [-0.2, 0) is 0 Å². The summed E-state index contributed by atoms with van der Waals surface area (Å²) in [6.45, 7) is -2.31. The molecule has 1 unspecified atom stereocenters. The minimum absolute atomic E-state index is 0.0140. The van der Waals surface area contributed by atoms with Crippen LogP contribution in [0.3, 0.4) is 0 Å². The van der Waals surface area contributed by atoms with Crippen molar-refractivity contribution in [2.24, 2.45) is 0 Å². The van der Waals surface area contributed by atoms with Crippen molar-refractivity contribution in [3.63, 3.8) is 0 Å². The van der Waals surface area contributed by atoms with E-state index in [-0.39, 0.29) is 17.2 Å². The van der Waals surface area contributed by atoms with Gasteiger partial charge in [-0.15, -0.1) is 0 Å². The second-order valence-corrected chi connectivity index (χ2v) is 6.69. The molecule has 29 heavy (non-hydrogen) atoms. The first kappa shape index (κ1) is 19.1. The number of benzene rings is 3. The molecule has 1 N–H and O–H groups in total. The highest BCUT2D eigenvalue weighted by molar-refractivity contribution is 5.69. The number of alkyl halides is 2. The van der Waals surface area contributed by atoms with Crippen LogP contribution in [0.4, 0.5) is 17.6 Å². The van der Waals surface area contributed by atoms with Gasteiger partial charge in [-0.3, -0.25) is 0 Å². The van der Waals surface area contributed by atoms with Crippen molar-refractivity contribution < 1.29 is 22.3 Å². The second-order valence-electron chi connectivity index (χ2n) is 6.69. The first-order valence-electron chi connectivity index (χ1n) is 9.06. The second kappa shape index (κ2) is 7.99. The van der Waals surface area contributed by atoms with E-state index >= 15 is 0 Å². The number of hydrogen-bond donors (Lipinski definition) is 1. The maximum absolute atomic E-state index is 14.0. The normalized spacial score (nSPS) is 15.9. The number of rotatable bonds is 5. The highest BCUT2D eigenvalue weighted by Gasteiger charge is 2.22. The number of hydrogen-bond acceptors (Lipinski definition) is 2. The van der Waals surface area contributed by atoms with E-state index in [0.29, 0.717) is 12.2 Å². The summed E-state index contributed by atoms with van der Waals surface area (Å²) in [6.07, 6.45) is 1.83. The van der Waals surface area contributed by atoms with Crippen molar-refractivity contribution in [2.45, 2.75) is 12.5 Å². The molecule has 0 saturated carbocycles. The van der Waals surface area contributed by atoms with Crippen molar-refractivity contribution >= 4 is 5.70 Å². The van der Waals surface area contributed by atoms with Crippen molar-refractivity contribution in [1.29, 1.82) is 0 Å². The summed E-state index contributed by atoms with van der Waals surface area (Å²) in [5.74, 6) is -1.10. The molecule has 0 saturated heterocycles. The molecule has 6 heteroatoms. The Morgan fingerprint density at radius 1 is 0.828 bits per heavy atom. The molecule has 0 aliphatic carbocycles. The molecule has 1 aliphatic rings. The van der Waals surface area contributed by atoms with Crippen LogP contribution in [0.15, 0.2) is 72.8 Å². The minimum Gasteiger partial charge on any atom is -0.435 e. The zero-order valence-corrected chi connectivity index (χ0v) is 15.2. The summed E-state index contributed by atoms with van der Waals surface area (Å²) in [4.78, 5) is 0. The quantitative estimate of drug-likeness (QED) is 0.535. The predicted octanol–water partition coefficient (Wildman–Crippen LogP) is 5.96. The Hall–Kier alpha value is -3.28. The average Bonchev–Trinajstić information content (AvgIpc) is 3.18. The van der Waals surface area contributed by atoms with Crippen LogP contribution in [0.2, 0.25) is 0 Å². The first-order valence-corrected chi connectivity index (χ1v) is 9.06. The number of ether oxygens (including phenoxy) is 1. The van der Waals surface area contributed by atoms with E-state index in [1.54, 1.807) is 12.1 Å². The highest BCUT2D eigenvalue weighted by Crippen LogP contribution is 2.31. The lowest BCUT2D eigenvalue weighted by atomic mass is 9.96. The van der Waals surface area contributed by atoms with E-state index in [1.807, 2.05) is 30.3 Å². The zero-order chi connectivity index (χ0) is 20.4. The van der Waals surface area contributed by atoms with Gasteiger partial charge in [-0.2, -0.15) is 8.78 Å². The smallest absolute Gasteiger partial charge is 0.387 e. The van der Waals surface area contributed by atoms with Crippen molar-refractivity contribution in [1.82, 2.24) is 5.32 Å². The van der Waals surface area contributed by atoms with Gasteiger partial charge in [0.2, 0.25) is 0 Å². The Bertz CT molecular complexity index is 1010. The van der Waals surface area contributed by atoms with E-state index in [9.17, 15) is 17.6 Å². The fraction of sp³-hybridized carbons (Fsp3) is 0.130. The molecule has 4 rings (SSSR count). The summed E-state index contributed by atoms with van der Waals surface area (Å²) in [5.41, 5.74) is 3.20. The zero-order valence-electron chi connectivity index (χ0n) is 15.2. The Labute approximate surface area is 165 Å². The third-order valence-electron chi connectivity index (χ3n) is 4.86. The third kappa shape index (κ3) is 4.11. The molecule has 0 bridgehead atoms. The van der Waals surface area contributed by atoms with E-state index in [0.717, 1.165) is 16.7 Å². The van der Waals surface area contributed by atoms with Gasteiger partial charge in [0.25, 0.3) is 0 Å². The summed E-state index contributed by atoms with van der Waals surface area (Å²) in [6, 6.07) is 18.0. The lowest BCUT2D eigenvalue weighted by molar-refractivity contribution is -0.0498. The fourth-order valence-electron chi connectivity index (χ4n) is 3.43. The topological polar surface area (TPSA) is 21.3 Å². The van der Waals surface area contributed by atoms with Crippen LogP contribution < -0.4 is 10.1 Å². The molecule has 0 amide bonds. The van der Waals surface area contributed by atoms with Crippen LogP contribution in [0.25, 0.3) is 16.8 Å². The standard InChI is InChI=1S/C23H17F4NO/c24-19-2-1-3-20(25)22(19)21-12-17(13-28-21)16-6-4-14(5-7-16)15-8-10-18(11-9-15)29-23(26)27/h1-12,17,23,28H,13H2. The number of nitrogens with one attached hydrogen (secondary N) is 1. The lowest BCUT2D eigenvalue weighted by Crippen LogP contribution is -2.12. The van der Waals surface area contributed by atoms with Crippen LogP contribution in [0, 0.1) is 11.6 Å². The van der Waals surface area contributed by atoms with Crippen LogP contribution in [-0.4, -0.2) is 13.2 Å². The van der Waals surface area contributed by atoms with E-state index in [2.05, 4.69) is 10.1 Å². The van der Waals surface area contributed by atoms with Gasteiger partial charge in [0.1, 0.15) is 17.4 Å². The Morgan fingerprint density at radius 2 is 1.41 bits per heavy atom. The first-order chi connectivity index (χ1) is 14.0. The molecule has 3 aromatic rings. The van der Waals surface area contributed by atoms with Crippen molar-refractivity contribution in [3.8, 4) is 16.9 Å². The lowest BCUT2D eigenvalue weighted by Gasteiger charge is -2.10. The van der Waals surface area contributed by atoms with Gasteiger partial charge in [0.15, 0.2) is 0 Å². The molecule has 1 heterocycles. The van der Waals surface area contributed by atoms with Gasteiger partial charge < -0.3 is 10.1 Å². The van der Waals surface area contributed by atoms with Gasteiger partial charge in [-0.25, -0.2) is 8.78 Å². The summed E-state index contributed by atoms with van der Waals surface area (Å²) in [7, 11) is 0. The van der Waals surface area contributed by atoms with E-state index in [1.165, 1.54) is 30.3 Å². The molecule has 148 valence electrons. The Kier molecular flexibility index (Phi) is 5.25. The molecule has 0 radical (unpaired) electrons. The molecule has 2 nitrogen and oxygen atoms in total. The summed E-state index contributed by atoms with van der Waals surface area (Å²) >= 11 is 0. The van der Waals surface area contributed by atoms with Crippen molar-refractivity contribution in [3.05, 3.63) is 95.6 Å². The van der Waals surface area contributed by atoms with Crippen LogP contribution in [0.5, 0.6) is 5.75 Å². The monoisotopic (exact) mass is 399 g/mol. The molecule has 1 atom stereocenters. The average molecular weight is 399 g/mol. The Morgan fingerprint density at radius 3 is 2.00 bits per heavy atom. The van der Waals surface area contributed by atoms with Gasteiger partial charge in [-0.05, 0) is 41.0 Å². The largest absolute Gasteiger partial charge is 0.435 e. The van der Waals surface area contributed by atoms with Gasteiger partial charge >= 0.3 is 6.61 Å². The summed E-state index contributed by atoms with van der Waals surface area (Å²) in [5, 5.41) is 3.08. The highest BCUT2D eigenvalue weighted by atomic mass is 19.3. The van der Waals surface area contributed by atoms with Gasteiger partial charge in [0, 0.05) is 18.2 Å². The molecular formula is C23H17F4NO. The van der Waals surface area contributed by atoms with Gasteiger partial charge in [0.05, 0.1) is 5.56 Å². The molecule has 0 aromatic heterocycles. The van der Waals surface area contributed by atoms with Gasteiger partial charge in [-0.1, -0.05) is 48.5 Å². The minimum atomic E-state index is -2.85. The SMILES string of the molecule is Fc1cccc(F)c1C1=CC(c2ccc(-c3ccc(OC(F)F)cc3)cc2)CN1. The van der Waals surface area contributed by atoms with Crippen LogP contribution >= 0.6 is 0 Å². The third-order valence-corrected chi connectivity index (χ3v) is 4.86. The molecule has 0 fully saturated rings. The molecule has 3 aromatic carbocycles. The van der Waals surface area contributed by atoms with Crippen molar-refractivity contribution in [2.75, 3.05) is 6.54 Å². The molecular weight excluding hydrogens is 382 g/mol. The molecule has 0 spiro atoms.